The van der Waals surface area contributed by atoms with Crippen LogP contribution in [0.4, 0.5) is 29.1 Å². The van der Waals surface area contributed by atoms with Gasteiger partial charge in [0, 0.05) is 31.1 Å². The van der Waals surface area contributed by atoms with Gasteiger partial charge in [0.1, 0.15) is 11.6 Å². The van der Waals surface area contributed by atoms with E-state index in [1.165, 1.54) is 35.3 Å². The maximum atomic E-state index is 14.0. The van der Waals surface area contributed by atoms with Crippen LogP contribution in [0.25, 0.3) is 11.8 Å². The number of para-hydroxylation sites is 1. The van der Waals surface area contributed by atoms with Crippen LogP contribution in [0.2, 0.25) is 0 Å². The van der Waals surface area contributed by atoms with Gasteiger partial charge in [-0.15, -0.1) is 0 Å². The average molecular weight is 596 g/mol. The summed E-state index contributed by atoms with van der Waals surface area (Å²) in [6.45, 7) is 0.667. The number of benzene rings is 2. The van der Waals surface area contributed by atoms with Gasteiger partial charge in [0.25, 0.3) is 0 Å². The lowest BCUT2D eigenvalue weighted by Crippen LogP contribution is -2.36. The second kappa shape index (κ2) is 11.4. The first-order valence-electron chi connectivity index (χ1n) is 13.3. The molecule has 2 N–H and O–H groups in total. The zero-order chi connectivity index (χ0) is 30.2. The first-order chi connectivity index (χ1) is 20.7. The fourth-order valence-corrected chi connectivity index (χ4v) is 5.13. The van der Waals surface area contributed by atoms with Crippen molar-refractivity contribution >= 4 is 23.4 Å². The zero-order valence-corrected chi connectivity index (χ0v) is 22.8. The van der Waals surface area contributed by atoms with E-state index in [1.54, 1.807) is 19.1 Å². The van der Waals surface area contributed by atoms with Gasteiger partial charge >= 0.3 is 6.61 Å². The number of alkyl halides is 2. The van der Waals surface area contributed by atoms with E-state index in [4.69, 9.17) is 19.9 Å². The number of pyridine rings is 1. The molecule has 13 heteroatoms. The van der Waals surface area contributed by atoms with Crippen LogP contribution in [0, 0.1) is 18.6 Å². The predicted molar refractivity (Wildman–Crippen MR) is 149 cm³/mol. The highest BCUT2D eigenvalue weighted by atomic mass is 19.3. The summed E-state index contributed by atoms with van der Waals surface area (Å²) in [5.41, 5.74) is 9.80. The number of anilines is 2. The molecular formula is C30H25F4N5O4. The number of nitrogens with zero attached hydrogens (tertiary/aromatic N) is 4. The van der Waals surface area contributed by atoms with Crippen LogP contribution in [-0.4, -0.2) is 53.5 Å². The van der Waals surface area contributed by atoms with Crippen molar-refractivity contribution in [3.8, 4) is 23.1 Å². The molecular weight excluding hydrogens is 570 g/mol. The number of nitrogen functional groups attached to an aromatic ring is 1. The molecule has 1 saturated heterocycles. The number of morpholine rings is 1. The van der Waals surface area contributed by atoms with E-state index in [9.17, 15) is 22.4 Å². The van der Waals surface area contributed by atoms with Crippen molar-refractivity contribution in [3.05, 3.63) is 88.3 Å². The minimum Gasteiger partial charge on any atom is -0.433 e. The van der Waals surface area contributed by atoms with Crippen molar-refractivity contribution in [3.63, 3.8) is 0 Å². The van der Waals surface area contributed by atoms with Gasteiger partial charge in [-0.1, -0.05) is 6.07 Å². The second-order valence-electron chi connectivity index (χ2n) is 9.99. The second-order valence-corrected chi connectivity index (χ2v) is 9.99. The Morgan fingerprint density at radius 2 is 1.81 bits per heavy atom. The summed E-state index contributed by atoms with van der Waals surface area (Å²) < 4.78 is 71.3. The number of carbonyl (C=O) groups is 1. The molecule has 1 aliphatic heterocycles. The normalized spacial score (nSPS) is 14.6. The van der Waals surface area contributed by atoms with Crippen LogP contribution in [0.15, 0.2) is 54.4 Å². The number of nitrogens with two attached hydrogens (primary N) is 1. The number of hydrogen-bond donors (Lipinski definition) is 1. The molecule has 0 saturated carbocycles. The molecule has 2 aromatic heterocycles. The van der Waals surface area contributed by atoms with Gasteiger partial charge in [0.2, 0.25) is 11.6 Å². The van der Waals surface area contributed by atoms with Gasteiger partial charge in [-0.25, -0.2) is 18.4 Å². The molecule has 6 rings (SSSR count). The van der Waals surface area contributed by atoms with E-state index in [2.05, 4.69) is 10.1 Å². The Labute approximate surface area is 243 Å². The van der Waals surface area contributed by atoms with E-state index in [0.29, 0.717) is 54.4 Å². The van der Waals surface area contributed by atoms with Crippen LogP contribution < -0.4 is 20.1 Å². The minimum absolute atomic E-state index is 0.0288. The lowest BCUT2D eigenvalue weighted by atomic mass is 10.0. The Morgan fingerprint density at radius 1 is 1.07 bits per heavy atom. The Hall–Kier alpha value is -4.91. The fraction of sp³-hybridized carbons (Fsp3) is 0.233. The maximum Gasteiger partial charge on any atom is 0.387 e. The molecule has 2 aliphatic rings. The van der Waals surface area contributed by atoms with E-state index in [-0.39, 0.29) is 35.2 Å². The summed E-state index contributed by atoms with van der Waals surface area (Å²) in [5.74, 6) is -2.66. The standard InChI is InChI=1S/C30H25F4N5O4/c1-16-9-26(43-28-21(31)3-2-4-22(28)32)36-15-24(16)39-29(35)20(14-37-39)27(40)19-10-17-12-23(38-5-7-41-8-6-38)25(42-30(33)34)13-18(17)11-19/h2-4,9,11-15,30H,5-8,10,35H2,1H3. The number of rotatable bonds is 8. The molecule has 0 amide bonds. The SMILES string of the molecule is Cc1cc(Oc2c(F)cccc2F)ncc1-n1ncc(C(=O)C2=Cc3cc(OC(F)F)c(N4CCOCC4)cc3C2)c1N. The molecule has 0 unspecified atom stereocenters. The molecule has 9 nitrogen and oxygen atoms in total. The number of carbonyl (C=O) groups excluding carboxylic acids is 1. The smallest absolute Gasteiger partial charge is 0.387 e. The topological polar surface area (TPSA) is 105 Å². The molecule has 2 aromatic carbocycles. The first-order valence-corrected chi connectivity index (χ1v) is 13.3. The highest BCUT2D eigenvalue weighted by Gasteiger charge is 2.28. The van der Waals surface area contributed by atoms with Gasteiger partial charge in [0.15, 0.2) is 17.4 Å². The van der Waals surface area contributed by atoms with E-state index in [1.807, 2.05) is 4.90 Å². The van der Waals surface area contributed by atoms with Gasteiger partial charge < -0.3 is 24.8 Å². The van der Waals surface area contributed by atoms with Crippen molar-refractivity contribution in [1.82, 2.24) is 14.8 Å². The molecule has 4 aromatic rings. The van der Waals surface area contributed by atoms with Crippen molar-refractivity contribution in [2.75, 3.05) is 36.9 Å². The number of ketones is 1. The number of Topliss-reactive ketones (excluding diaryl/α,β-unsaturated/α-hetero) is 1. The summed E-state index contributed by atoms with van der Waals surface area (Å²) in [6.07, 6.45) is 4.61. The molecule has 1 fully saturated rings. The van der Waals surface area contributed by atoms with Gasteiger partial charge in [-0.05, 0) is 54.0 Å². The average Bonchev–Trinajstić information content (AvgIpc) is 3.57. The highest BCUT2D eigenvalue weighted by Crippen LogP contribution is 2.39. The Kier molecular flexibility index (Phi) is 7.48. The Morgan fingerprint density at radius 3 is 2.51 bits per heavy atom. The molecule has 0 radical (unpaired) electrons. The van der Waals surface area contributed by atoms with Crippen molar-refractivity contribution in [1.29, 1.82) is 0 Å². The lowest BCUT2D eigenvalue weighted by Gasteiger charge is -2.30. The number of ether oxygens (including phenoxy) is 3. The summed E-state index contributed by atoms with van der Waals surface area (Å²) in [6, 6.07) is 8.12. The lowest BCUT2D eigenvalue weighted by molar-refractivity contribution is -0.0496. The number of halogens is 4. The monoisotopic (exact) mass is 595 g/mol. The molecule has 0 bridgehead atoms. The maximum absolute atomic E-state index is 14.0. The van der Waals surface area contributed by atoms with Crippen LogP contribution >= 0.6 is 0 Å². The fourth-order valence-electron chi connectivity index (χ4n) is 5.13. The Bertz CT molecular complexity index is 1730. The van der Waals surface area contributed by atoms with Crippen LogP contribution in [0.3, 0.4) is 0 Å². The summed E-state index contributed by atoms with van der Waals surface area (Å²) in [5, 5.41) is 4.27. The van der Waals surface area contributed by atoms with Crippen LogP contribution in [0.5, 0.6) is 17.4 Å². The zero-order valence-electron chi connectivity index (χ0n) is 22.8. The van der Waals surface area contributed by atoms with E-state index < -0.39 is 24.0 Å². The summed E-state index contributed by atoms with van der Waals surface area (Å²) >= 11 is 0. The van der Waals surface area contributed by atoms with Crippen molar-refractivity contribution < 1.29 is 36.6 Å². The van der Waals surface area contributed by atoms with Gasteiger partial charge in [-0.2, -0.15) is 13.9 Å². The minimum atomic E-state index is -3.01. The number of hydrogen-bond acceptors (Lipinski definition) is 8. The third-order valence-electron chi connectivity index (χ3n) is 7.25. The molecule has 0 atom stereocenters. The number of allylic oxidation sites excluding steroid dienone is 1. The Balaban J connectivity index is 1.24. The van der Waals surface area contributed by atoms with Gasteiger partial charge in [-0.3, -0.25) is 4.79 Å². The molecule has 222 valence electrons. The third-order valence-corrected chi connectivity index (χ3v) is 7.25. The van der Waals surface area contributed by atoms with Crippen LogP contribution in [0.1, 0.15) is 27.0 Å². The molecule has 0 spiro atoms. The van der Waals surface area contributed by atoms with Crippen molar-refractivity contribution in [2.24, 2.45) is 0 Å². The number of aryl methyl sites for hydroxylation is 1. The number of aromatic nitrogens is 3. The predicted octanol–water partition coefficient (Wildman–Crippen LogP) is 5.49. The highest BCUT2D eigenvalue weighted by molar-refractivity contribution is 6.15. The molecule has 3 heterocycles. The third kappa shape index (κ3) is 5.50. The number of fused-ring (bicyclic) bond motifs is 1. The van der Waals surface area contributed by atoms with Crippen LogP contribution in [-0.2, 0) is 11.2 Å². The van der Waals surface area contributed by atoms with E-state index >= 15 is 0 Å². The van der Waals surface area contributed by atoms with Crippen molar-refractivity contribution in [2.45, 2.75) is 20.0 Å². The van der Waals surface area contributed by atoms with E-state index in [0.717, 1.165) is 17.7 Å². The quantitative estimate of drug-likeness (QED) is 0.211. The summed E-state index contributed by atoms with van der Waals surface area (Å²) in [7, 11) is 0. The molecule has 43 heavy (non-hydrogen) atoms. The van der Waals surface area contributed by atoms with Gasteiger partial charge in [0.05, 0.1) is 42.5 Å². The summed E-state index contributed by atoms with van der Waals surface area (Å²) in [4.78, 5) is 19.6. The largest absolute Gasteiger partial charge is 0.433 e. The first kappa shape index (κ1) is 28.2. The molecule has 1 aliphatic carbocycles.